The van der Waals surface area contributed by atoms with Crippen LogP contribution < -0.4 is 10.5 Å². The maximum Gasteiger partial charge on any atom is 0.420 e. The zero-order valence-corrected chi connectivity index (χ0v) is 17.5. The van der Waals surface area contributed by atoms with E-state index in [-0.39, 0.29) is 30.4 Å². The first-order chi connectivity index (χ1) is 13.8. The smallest absolute Gasteiger partial charge is 0.420 e. The number of hydrogen-bond acceptors (Lipinski definition) is 2. The van der Waals surface area contributed by atoms with E-state index < -0.39 is 35.2 Å². The van der Waals surface area contributed by atoms with E-state index in [4.69, 9.17) is 10.5 Å². The monoisotopic (exact) mass is 429 g/mol. The molecule has 0 radical (unpaired) electrons. The van der Waals surface area contributed by atoms with Crippen molar-refractivity contribution < 1.29 is 26.7 Å². The molecule has 0 aliphatic heterocycles. The highest BCUT2D eigenvalue weighted by Crippen LogP contribution is 2.44. The minimum atomic E-state index is -4.61. The number of ether oxygens (including phenoxy) is 1. The van der Waals surface area contributed by atoms with Gasteiger partial charge < -0.3 is 10.5 Å². The van der Waals surface area contributed by atoms with Gasteiger partial charge in [0.2, 0.25) is 0 Å². The van der Waals surface area contributed by atoms with E-state index in [9.17, 15) is 22.0 Å². The second kappa shape index (κ2) is 7.98. The van der Waals surface area contributed by atoms with Gasteiger partial charge in [-0.05, 0) is 68.0 Å². The van der Waals surface area contributed by atoms with Gasteiger partial charge in [0, 0.05) is 17.9 Å². The minimum absolute atomic E-state index is 0.0409. The summed E-state index contributed by atoms with van der Waals surface area (Å²) in [5.74, 6) is -3.72. The first kappa shape index (κ1) is 22.8. The summed E-state index contributed by atoms with van der Waals surface area (Å²) in [4.78, 5) is 0. The highest BCUT2D eigenvalue weighted by molar-refractivity contribution is 5.89. The third kappa shape index (κ3) is 4.71. The van der Waals surface area contributed by atoms with Crippen molar-refractivity contribution in [3.63, 3.8) is 0 Å². The molecule has 0 amide bonds. The van der Waals surface area contributed by atoms with Crippen LogP contribution in [0.15, 0.2) is 30.3 Å². The van der Waals surface area contributed by atoms with Gasteiger partial charge in [0.15, 0.2) is 0 Å². The van der Waals surface area contributed by atoms with Crippen LogP contribution in [0, 0.1) is 5.92 Å². The van der Waals surface area contributed by atoms with Crippen LogP contribution in [0.3, 0.4) is 0 Å². The Morgan fingerprint density at radius 2 is 1.60 bits per heavy atom. The van der Waals surface area contributed by atoms with Crippen LogP contribution in [-0.2, 0) is 11.7 Å². The predicted molar refractivity (Wildman–Crippen MR) is 108 cm³/mol. The summed E-state index contributed by atoms with van der Waals surface area (Å²) in [5.41, 5.74) is 5.29. The fraction of sp³-hybridized carbons (Fsp3) is 0.565. The zero-order valence-electron chi connectivity index (χ0n) is 17.5. The standard InChI is InChI=1S/C23H28F5NO/c1-4-22(24,25)15-6-9-17(10-7-15)30-19-12-5-14-13-16(21(2,3)29)8-11-18(14)20(19)23(26,27)28/h5,8,11-13,15,17H,4,6-7,9-10,29H2,1-3H3. The normalized spacial score (nSPS) is 21.1. The maximum atomic E-state index is 13.9. The van der Waals surface area contributed by atoms with E-state index in [0.717, 1.165) is 5.56 Å². The molecule has 2 nitrogen and oxygen atoms in total. The molecule has 1 saturated carbocycles. The molecule has 0 aromatic heterocycles. The molecule has 166 valence electrons. The van der Waals surface area contributed by atoms with Crippen LogP contribution in [0.2, 0.25) is 0 Å². The topological polar surface area (TPSA) is 35.2 Å². The number of halogens is 5. The lowest BCUT2D eigenvalue weighted by Gasteiger charge is -2.33. The summed E-state index contributed by atoms with van der Waals surface area (Å²) in [7, 11) is 0. The Morgan fingerprint density at radius 3 is 2.13 bits per heavy atom. The van der Waals surface area contributed by atoms with Crippen LogP contribution in [0.5, 0.6) is 5.75 Å². The molecular weight excluding hydrogens is 401 g/mol. The van der Waals surface area contributed by atoms with Crippen molar-refractivity contribution in [1.82, 2.24) is 0 Å². The highest BCUT2D eigenvalue weighted by Gasteiger charge is 2.41. The Labute approximate surface area is 173 Å². The van der Waals surface area contributed by atoms with Gasteiger partial charge in [0.1, 0.15) is 11.3 Å². The molecule has 0 heterocycles. The molecule has 0 spiro atoms. The lowest BCUT2D eigenvalue weighted by molar-refractivity contribution is -0.138. The fourth-order valence-corrected chi connectivity index (χ4v) is 4.17. The van der Waals surface area contributed by atoms with Crippen molar-refractivity contribution in [2.24, 2.45) is 11.7 Å². The van der Waals surface area contributed by atoms with Crippen LogP contribution >= 0.6 is 0 Å². The van der Waals surface area contributed by atoms with Gasteiger partial charge in [0.25, 0.3) is 5.92 Å². The van der Waals surface area contributed by atoms with Gasteiger partial charge in [-0.3, -0.25) is 0 Å². The molecule has 7 heteroatoms. The molecule has 0 saturated heterocycles. The number of hydrogen-bond donors (Lipinski definition) is 1. The predicted octanol–water partition coefficient (Wildman–Crippen LogP) is 7.04. The van der Waals surface area contributed by atoms with Gasteiger partial charge in [0.05, 0.1) is 6.10 Å². The molecule has 0 unspecified atom stereocenters. The minimum Gasteiger partial charge on any atom is -0.490 e. The number of benzene rings is 2. The van der Waals surface area contributed by atoms with E-state index in [2.05, 4.69) is 0 Å². The van der Waals surface area contributed by atoms with Crippen molar-refractivity contribution in [3.8, 4) is 5.75 Å². The molecule has 1 aliphatic rings. The summed E-state index contributed by atoms with van der Waals surface area (Å²) in [6.45, 7) is 5.02. The third-order valence-corrected chi connectivity index (χ3v) is 6.05. The Kier molecular flexibility index (Phi) is 6.07. The van der Waals surface area contributed by atoms with Gasteiger partial charge in [-0.25, -0.2) is 8.78 Å². The molecule has 0 bridgehead atoms. The number of nitrogens with two attached hydrogens (primary N) is 1. The lowest BCUT2D eigenvalue weighted by atomic mass is 9.82. The number of fused-ring (bicyclic) bond motifs is 1. The molecule has 30 heavy (non-hydrogen) atoms. The van der Waals surface area contributed by atoms with Crippen LogP contribution in [0.25, 0.3) is 10.8 Å². The van der Waals surface area contributed by atoms with E-state index in [0.29, 0.717) is 18.2 Å². The molecule has 0 atom stereocenters. The number of alkyl halides is 5. The first-order valence-corrected chi connectivity index (χ1v) is 10.3. The van der Waals surface area contributed by atoms with Gasteiger partial charge >= 0.3 is 6.18 Å². The fourth-order valence-electron chi connectivity index (χ4n) is 4.17. The summed E-state index contributed by atoms with van der Waals surface area (Å²) < 4.78 is 75.3. The largest absolute Gasteiger partial charge is 0.490 e. The first-order valence-electron chi connectivity index (χ1n) is 10.3. The molecule has 2 N–H and O–H groups in total. The van der Waals surface area contributed by atoms with Crippen LogP contribution in [0.1, 0.15) is 64.0 Å². The maximum absolute atomic E-state index is 13.9. The molecular formula is C23H28F5NO. The van der Waals surface area contributed by atoms with Gasteiger partial charge in [-0.15, -0.1) is 0 Å². The van der Waals surface area contributed by atoms with Crippen molar-refractivity contribution in [1.29, 1.82) is 0 Å². The Bertz CT molecular complexity index is 893. The summed E-state index contributed by atoms with van der Waals surface area (Å²) in [5, 5.41) is 0.469. The SMILES string of the molecule is CCC(F)(F)C1CCC(Oc2ccc3cc(C(C)(C)N)ccc3c2C(F)(F)F)CC1. The van der Waals surface area contributed by atoms with E-state index in [1.807, 2.05) is 0 Å². The quantitative estimate of drug-likeness (QED) is 0.518. The molecule has 2 aromatic carbocycles. The molecule has 2 aromatic rings. The van der Waals surface area contributed by atoms with Crippen molar-refractivity contribution in [3.05, 3.63) is 41.5 Å². The average molecular weight is 429 g/mol. The zero-order chi connectivity index (χ0) is 22.3. The van der Waals surface area contributed by atoms with Crippen molar-refractivity contribution >= 4 is 10.8 Å². The second-order valence-corrected chi connectivity index (χ2v) is 8.80. The molecule has 1 aliphatic carbocycles. The van der Waals surface area contributed by atoms with E-state index >= 15 is 0 Å². The lowest BCUT2D eigenvalue weighted by Crippen LogP contribution is -2.34. The average Bonchev–Trinajstić information content (AvgIpc) is 2.66. The second-order valence-electron chi connectivity index (χ2n) is 8.80. The summed E-state index contributed by atoms with van der Waals surface area (Å²) in [6, 6.07) is 7.59. The number of rotatable bonds is 5. The van der Waals surface area contributed by atoms with Crippen LogP contribution in [0.4, 0.5) is 22.0 Å². The van der Waals surface area contributed by atoms with E-state index in [1.165, 1.54) is 19.1 Å². The Morgan fingerprint density at radius 1 is 0.967 bits per heavy atom. The summed E-state index contributed by atoms with van der Waals surface area (Å²) in [6.07, 6.45) is -4.22. The Balaban J connectivity index is 1.89. The van der Waals surface area contributed by atoms with E-state index in [1.54, 1.807) is 32.0 Å². The Hall–Kier alpha value is -1.89. The van der Waals surface area contributed by atoms with Crippen molar-refractivity contribution in [2.45, 2.75) is 76.6 Å². The summed E-state index contributed by atoms with van der Waals surface area (Å²) >= 11 is 0. The third-order valence-electron chi connectivity index (χ3n) is 6.05. The van der Waals surface area contributed by atoms with Gasteiger partial charge in [-0.2, -0.15) is 13.2 Å². The highest BCUT2D eigenvalue weighted by atomic mass is 19.4. The van der Waals surface area contributed by atoms with Crippen LogP contribution in [-0.4, -0.2) is 12.0 Å². The van der Waals surface area contributed by atoms with Gasteiger partial charge in [-0.1, -0.05) is 25.1 Å². The van der Waals surface area contributed by atoms with Crippen molar-refractivity contribution in [2.75, 3.05) is 0 Å². The molecule has 1 fully saturated rings. The molecule has 3 rings (SSSR count).